The maximum Gasteiger partial charge on any atom is 0.227 e. The summed E-state index contributed by atoms with van der Waals surface area (Å²) in [5.41, 5.74) is 7.96. The van der Waals surface area contributed by atoms with Crippen LogP contribution >= 0.6 is 24.8 Å². The average Bonchev–Trinajstić information content (AvgIpc) is 2.95. The van der Waals surface area contributed by atoms with Crippen LogP contribution in [0.5, 0.6) is 0 Å². The molecule has 2 aliphatic rings. The van der Waals surface area contributed by atoms with E-state index in [1.807, 2.05) is 0 Å². The third-order valence-electron chi connectivity index (χ3n) is 5.87. The molecule has 2 heterocycles. The number of amides is 1. The van der Waals surface area contributed by atoms with Crippen LogP contribution in [0.25, 0.3) is 0 Å². The lowest BCUT2D eigenvalue weighted by atomic mass is 9.79. The first kappa shape index (κ1) is 25.2. The van der Waals surface area contributed by atoms with Crippen molar-refractivity contribution < 1.29 is 9.53 Å². The second-order valence-electron chi connectivity index (χ2n) is 7.79. The summed E-state index contributed by atoms with van der Waals surface area (Å²) in [6, 6.07) is 8.60. The predicted octanol–water partition coefficient (Wildman–Crippen LogP) is 3.28. The molecule has 3 N–H and O–H groups in total. The van der Waals surface area contributed by atoms with Crippen LogP contribution in [-0.4, -0.2) is 43.7 Å². The molecule has 0 aromatic heterocycles. The molecule has 0 aliphatic carbocycles. The molecule has 28 heavy (non-hydrogen) atoms. The van der Waals surface area contributed by atoms with Crippen LogP contribution in [0.3, 0.4) is 0 Å². The molecule has 1 amide bonds. The standard InChI is InChI=1S/C21H33N3O2.2ClH/c22-17-21(8-12-26-13-9-21)20(25)23-15-18-6-5-7-19(14-18)16-24-10-3-1-2-4-11-24;;/h5-7,14H,1-4,8-13,15-17,22H2,(H,23,25);2*1H. The van der Waals surface area contributed by atoms with E-state index in [-0.39, 0.29) is 30.7 Å². The van der Waals surface area contributed by atoms with E-state index in [0.717, 1.165) is 12.1 Å². The van der Waals surface area contributed by atoms with Crippen LogP contribution in [0.15, 0.2) is 24.3 Å². The van der Waals surface area contributed by atoms with Crippen LogP contribution in [0.4, 0.5) is 0 Å². The van der Waals surface area contributed by atoms with Crippen molar-refractivity contribution in [3.8, 4) is 0 Å². The molecular formula is C21H35Cl2N3O2. The lowest BCUT2D eigenvalue weighted by molar-refractivity contribution is -0.136. The van der Waals surface area contributed by atoms with E-state index in [4.69, 9.17) is 10.5 Å². The van der Waals surface area contributed by atoms with Crippen molar-refractivity contribution >= 4 is 30.7 Å². The number of carbonyl (C=O) groups excluding carboxylic acids is 1. The highest BCUT2D eigenvalue weighted by molar-refractivity contribution is 5.85. The summed E-state index contributed by atoms with van der Waals surface area (Å²) in [5, 5.41) is 3.11. The van der Waals surface area contributed by atoms with Gasteiger partial charge in [-0.3, -0.25) is 9.69 Å². The van der Waals surface area contributed by atoms with Crippen LogP contribution in [0.1, 0.15) is 49.7 Å². The molecule has 3 rings (SSSR count). The second-order valence-corrected chi connectivity index (χ2v) is 7.79. The van der Waals surface area contributed by atoms with E-state index in [9.17, 15) is 4.79 Å². The maximum atomic E-state index is 12.7. The summed E-state index contributed by atoms with van der Waals surface area (Å²) in [7, 11) is 0. The number of carbonyl (C=O) groups is 1. The summed E-state index contributed by atoms with van der Waals surface area (Å²) in [4.78, 5) is 15.3. The Kier molecular flexibility index (Phi) is 11.4. The Morgan fingerprint density at radius 2 is 1.71 bits per heavy atom. The Bertz CT molecular complexity index is 587. The molecule has 0 spiro atoms. The van der Waals surface area contributed by atoms with Crippen LogP contribution in [0.2, 0.25) is 0 Å². The zero-order valence-electron chi connectivity index (χ0n) is 16.7. The van der Waals surface area contributed by atoms with Gasteiger partial charge in [0.1, 0.15) is 0 Å². The van der Waals surface area contributed by atoms with Crippen molar-refractivity contribution in [3.63, 3.8) is 0 Å². The first-order valence-corrected chi connectivity index (χ1v) is 10.1. The molecule has 0 radical (unpaired) electrons. The van der Waals surface area contributed by atoms with Gasteiger partial charge in [0, 0.05) is 32.8 Å². The van der Waals surface area contributed by atoms with Crippen molar-refractivity contribution in [1.29, 1.82) is 0 Å². The highest BCUT2D eigenvalue weighted by Gasteiger charge is 2.38. The third-order valence-corrected chi connectivity index (χ3v) is 5.87. The van der Waals surface area contributed by atoms with Crippen molar-refractivity contribution in [2.75, 3.05) is 32.8 Å². The van der Waals surface area contributed by atoms with Crippen molar-refractivity contribution in [1.82, 2.24) is 10.2 Å². The van der Waals surface area contributed by atoms with Crippen LogP contribution in [-0.2, 0) is 22.6 Å². The van der Waals surface area contributed by atoms with Gasteiger partial charge in [-0.05, 0) is 49.9 Å². The van der Waals surface area contributed by atoms with E-state index in [0.29, 0.717) is 39.1 Å². The van der Waals surface area contributed by atoms with Gasteiger partial charge in [0.2, 0.25) is 5.91 Å². The van der Waals surface area contributed by atoms with Gasteiger partial charge in [-0.1, -0.05) is 37.1 Å². The fourth-order valence-electron chi connectivity index (χ4n) is 4.05. The Morgan fingerprint density at radius 1 is 1.07 bits per heavy atom. The summed E-state index contributed by atoms with van der Waals surface area (Å²) in [6.07, 6.45) is 6.75. The molecule has 5 nitrogen and oxygen atoms in total. The molecule has 160 valence electrons. The molecule has 1 aromatic carbocycles. The molecule has 7 heteroatoms. The first-order valence-electron chi connectivity index (χ1n) is 10.1. The summed E-state index contributed by atoms with van der Waals surface area (Å²) in [6.45, 7) is 5.59. The zero-order chi connectivity index (χ0) is 18.2. The third kappa shape index (κ3) is 6.89. The van der Waals surface area contributed by atoms with Gasteiger partial charge < -0.3 is 15.8 Å². The summed E-state index contributed by atoms with van der Waals surface area (Å²) in [5.74, 6) is 0.0706. The zero-order valence-corrected chi connectivity index (χ0v) is 18.3. The minimum absolute atomic E-state index is 0. The Balaban J connectivity index is 0.00000196. The van der Waals surface area contributed by atoms with Gasteiger partial charge in [-0.2, -0.15) is 0 Å². The molecule has 0 atom stereocenters. The number of halogens is 2. The second kappa shape index (κ2) is 12.7. The SMILES string of the molecule is Cl.Cl.NCC1(C(=O)NCc2cccc(CN3CCCCCC3)c2)CCOCC1. The van der Waals surface area contributed by atoms with Crippen molar-refractivity contribution in [3.05, 3.63) is 35.4 Å². The van der Waals surface area contributed by atoms with Gasteiger partial charge in [0.15, 0.2) is 0 Å². The fraction of sp³-hybridized carbons (Fsp3) is 0.667. The molecule has 2 aliphatic heterocycles. The van der Waals surface area contributed by atoms with Gasteiger partial charge in [-0.15, -0.1) is 24.8 Å². The van der Waals surface area contributed by atoms with Crippen LogP contribution in [0, 0.1) is 5.41 Å². The molecule has 1 aromatic rings. The number of nitrogens with two attached hydrogens (primary N) is 1. The average molecular weight is 432 g/mol. The number of nitrogens with one attached hydrogen (secondary N) is 1. The Morgan fingerprint density at radius 3 is 2.36 bits per heavy atom. The number of likely N-dealkylation sites (tertiary alicyclic amines) is 1. The molecular weight excluding hydrogens is 397 g/mol. The minimum atomic E-state index is -0.456. The smallest absolute Gasteiger partial charge is 0.227 e. The lowest BCUT2D eigenvalue weighted by Gasteiger charge is -2.34. The van der Waals surface area contributed by atoms with Gasteiger partial charge in [-0.25, -0.2) is 0 Å². The van der Waals surface area contributed by atoms with Crippen LogP contribution < -0.4 is 11.1 Å². The molecule has 0 bridgehead atoms. The number of ether oxygens (including phenoxy) is 1. The van der Waals surface area contributed by atoms with Gasteiger partial charge >= 0.3 is 0 Å². The molecule has 0 unspecified atom stereocenters. The predicted molar refractivity (Wildman–Crippen MR) is 118 cm³/mol. The molecule has 0 saturated carbocycles. The topological polar surface area (TPSA) is 67.6 Å². The maximum absolute atomic E-state index is 12.7. The summed E-state index contributed by atoms with van der Waals surface area (Å²) < 4.78 is 5.40. The highest BCUT2D eigenvalue weighted by Crippen LogP contribution is 2.29. The quantitative estimate of drug-likeness (QED) is 0.724. The number of hydrogen-bond donors (Lipinski definition) is 2. The Labute approximate surface area is 181 Å². The van der Waals surface area contributed by atoms with E-state index in [1.54, 1.807) is 0 Å². The molecule has 2 saturated heterocycles. The minimum Gasteiger partial charge on any atom is -0.381 e. The molecule has 2 fully saturated rings. The Hall–Kier alpha value is -0.850. The number of hydrogen-bond acceptors (Lipinski definition) is 4. The normalized spacial score (nSPS) is 19.6. The lowest BCUT2D eigenvalue weighted by Crippen LogP contribution is -2.48. The van der Waals surface area contributed by atoms with E-state index in [1.165, 1.54) is 44.3 Å². The number of rotatable bonds is 6. The van der Waals surface area contributed by atoms with E-state index in [2.05, 4.69) is 34.5 Å². The summed E-state index contributed by atoms with van der Waals surface area (Å²) >= 11 is 0. The number of benzene rings is 1. The van der Waals surface area contributed by atoms with Crippen molar-refractivity contribution in [2.45, 2.75) is 51.6 Å². The van der Waals surface area contributed by atoms with E-state index < -0.39 is 5.41 Å². The number of nitrogens with zero attached hydrogens (tertiary/aromatic N) is 1. The first-order chi connectivity index (χ1) is 12.7. The monoisotopic (exact) mass is 431 g/mol. The van der Waals surface area contributed by atoms with Crippen molar-refractivity contribution in [2.24, 2.45) is 11.1 Å². The largest absolute Gasteiger partial charge is 0.381 e. The van der Waals surface area contributed by atoms with Gasteiger partial charge in [0.25, 0.3) is 0 Å². The van der Waals surface area contributed by atoms with E-state index >= 15 is 0 Å². The van der Waals surface area contributed by atoms with Gasteiger partial charge in [0.05, 0.1) is 5.41 Å². The highest BCUT2D eigenvalue weighted by atomic mass is 35.5. The fourth-order valence-corrected chi connectivity index (χ4v) is 4.05.